The lowest BCUT2D eigenvalue weighted by atomic mass is 10.2. The van der Waals surface area contributed by atoms with Gasteiger partial charge in [0.1, 0.15) is 5.75 Å². The van der Waals surface area contributed by atoms with Gasteiger partial charge in [0.15, 0.2) is 11.6 Å². The highest BCUT2D eigenvalue weighted by Gasteiger charge is 2.14. The summed E-state index contributed by atoms with van der Waals surface area (Å²) in [5.74, 6) is 1.43. The van der Waals surface area contributed by atoms with Gasteiger partial charge in [-0.3, -0.25) is 5.43 Å². The van der Waals surface area contributed by atoms with E-state index in [-0.39, 0.29) is 11.3 Å². The van der Waals surface area contributed by atoms with Crippen molar-refractivity contribution in [3.63, 3.8) is 0 Å². The number of hydrogen-bond donors (Lipinski definition) is 2. The molecule has 0 bridgehead atoms. The first-order chi connectivity index (χ1) is 13.7. The molecule has 10 heteroatoms. The smallest absolute Gasteiger partial charge is 0.245 e. The molecule has 9 nitrogen and oxygen atoms in total. The van der Waals surface area contributed by atoms with Crippen molar-refractivity contribution in [2.75, 3.05) is 17.9 Å². The van der Waals surface area contributed by atoms with Gasteiger partial charge in [-0.25, -0.2) is 9.61 Å². The van der Waals surface area contributed by atoms with Gasteiger partial charge in [-0.1, -0.05) is 40.2 Å². The molecule has 0 aliphatic rings. The molecule has 0 unspecified atom stereocenters. The van der Waals surface area contributed by atoms with E-state index in [1.165, 1.54) is 0 Å². The summed E-state index contributed by atoms with van der Waals surface area (Å²) in [4.78, 5) is 8.77. The van der Waals surface area contributed by atoms with Gasteiger partial charge in [0.05, 0.1) is 19.0 Å². The van der Waals surface area contributed by atoms with E-state index in [0.717, 1.165) is 15.7 Å². The zero-order chi connectivity index (χ0) is 19.3. The van der Waals surface area contributed by atoms with E-state index in [1.807, 2.05) is 48.5 Å². The van der Waals surface area contributed by atoms with Crippen LogP contribution >= 0.6 is 15.9 Å². The van der Waals surface area contributed by atoms with Crippen LogP contribution in [0.5, 0.6) is 5.75 Å². The van der Waals surface area contributed by atoms with E-state index in [0.29, 0.717) is 17.4 Å². The molecule has 2 aromatic carbocycles. The van der Waals surface area contributed by atoms with E-state index in [2.05, 4.69) is 52.1 Å². The van der Waals surface area contributed by atoms with Gasteiger partial charge in [0.25, 0.3) is 0 Å². The van der Waals surface area contributed by atoms with Crippen molar-refractivity contribution in [2.24, 2.45) is 5.10 Å². The Labute approximate surface area is 167 Å². The number of methoxy groups -OCH3 is 1. The van der Waals surface area contributed by atoms with Crippen LogP contribution in [0.25, 0.3) is 11.3 Å². The summed E-state index contributed by atoms with van der Waals surface area (Å²) in [5, 5.41) is 14.9. The molecule has 2 heterocycles. The van der Waals surface area contributed by atoms with Crippen LogP contribution in [-0.2, 0) is 0 Å². The molecule has 0 radical (unpaired) electrons. The maximum Gasteiger partial charge on any atom is 0.245 e. The van der Waals surface area contributed by atoms with E-state index in [4.69, 9.17) is 9.37 Å². The van der Waals surface area contributed by atoms with Crippen LogP contribution in [-0.4, -0.2) is 33.6 Å². The fraction of sp³-hybridized carbons (Fsp3) is 0.0556. The van der Waals surface area contributed by atoms with Crippen molar-refractivity contribution in [3.05, 3.63) is 58.6 Å². The van der Waals surface area contributed by atoms with Crippen molar-refractivity contribution >= 4 is 50.8 Å². The number of rotatable bonds is 6. The first kappa shape index (κ1) is 17.9. The minimum Gasteiger partial charge on any atom is -0.495 e. The molecular formula is C18H14BrN7O2. The summed E-state index contributed by atoms with van der Waals surface area (Å²) >= 11 is 3.40. The SMILES string of the molecule is COc1ccccc1Nc1nc2nonc2nc1NN=Cc1ccc(Br)cc1. The Morgan fingerprint density at radius 2 is 1.71 bits per heavy atom. The lowest BCUT2D eigenvalue weighted by Gasteiger charge is -2.12. The number of benzene rings is 2. The minimum atomic E-state index is 0.270. The predicted octanol–water partition coefficient (Wildman–Crippen LogP) is 3.97. The van der Waals surface area contributed by atoms with E-state index in [9.17, 15) is 0 Å². The molecular weight excluding hydrogens is 426 g/mol. The van der Waals surface area contributed by atoms with Crippen LogP contribution in [0.3, 0.4) is 0 Å². The van der Waals surface area contributed by atoms with Crippen LogP contribution in [0.1, 0.15) is 5.56 Å². The Bertz CT molecular complexity index is 1130. The second-order valence-electron chi connectivity index (χ2n) is 5.58. The molecule has 0 atom stereocenters. The quantitative estimate of drug-likeness (QED) is 0.342. The van der Waals surface area contributed by atoms with Gasteiger partial charge in [-0.15, -0.1) is 0 Å². The van der Waals surface area contributed by atoms with Gasteiger partial charge >= 0.3 is 0 Å². The summed E-state index contributed by atoms with van der Waals surface area (Å²) in [6.45, 7) is 0. The van der Waals surface area contributed by atoms with Gasteiger partial charge < -0.3 is 10.1 Å². The molecule has 2 aromatic heterocycles. The highest BCUT2D eigenvalue weighted by molar-refractivity contribution is 9.10. The standard InChI is InChI=1S/C18H14BrN7O2/c1-27-14-5-3-2-4-13(14)21-15-16(23-18-17(22-15)25-28-26-18)24-20-10-11-6-8-12(19)9-7-11/h2-10H,1H3,(H,21,22,25)(H,23,24,26). The summed E-state index contributed by atoms with van der Waals surface area (Å²) in [7, 11) is 1.60. The third-order valence-corrected chi connectivity index (χ3v) is 4.26. The summed E-state index contributed by atoms with van der Waals surface area (Å²) in [5.41, 5.74) is 5.08. The monoisotopic (exact) mass is 439 g/mol. The van der Waals surface area contributed by atoms with Gasteiger partial charge in [-0.2, -0.15) is 10.1 Å². The van der Waals surface area contributed by atoms with Gasteiger partial charge in [-0.05, 0) is 40.1 Å². The maximum absolute atomic E-state index is 5.37. The van der Waals surface area contributed by atoms with Crippen molar-refractivity contribution in [1.82, 2.24) is 20.3 Å². The molecule has 140 valence electrons. The van der Waals surface area contributed by atoms with E-state index < -0.39 is 0 Å². The number of hydrazone groups is 1. The summed E-state index contributed by atoms with van der Waals surface area (Å²) < 4.78 is 11.1. The lowest BCUT2D eigenvalue weighted by Crippen LogP contribution is -2.04. The summed E-state index contributed by atoms with van der Waals surface area (Å²) in [6, 6.07) is 15.2. The Balaban J connectivity index is 1.64. The van der Waals surface area contributed by atoms with E-state index in [1.54, 1.807) is 13.3 Å². The van der Waals surface area contributed by atoms with Crippen LogP contribution < -0.4 is 15.5 Å². The van der Waals surface area contributed by atoms with Crippen molar-refractivity contribution in [3.8, 4) is 5.75 Å². The van der Waals surface area contributed by atoms with Crippen LogP contribution in [0, 0.1) is 0 Å². The first-order valence-electron chi connectivity index (χ1n) is 8.18. The average Bonchev–Trinajstić information content (AvgIpc) is 3.17. The zero-order valence-electron chi connectivity index (χ0n) is 14.6. The lowest BCUT2D eigenvalue weighted by molar-refractivity contribution is 0.314. The third kappa shape index (κ3) is 3.91. The number of para-hydroxylation sites is 2. The highest BCUT2D eigenvalue weighted by atomic mass is 79.9. The molecule has 4 aromatic rings. The number of nitrogens with one attached hydrogen (secondary N) is 2. The number of ether oxygens (including phenoxy) is 1. The number of nitrogens with zero attached hydrogens (tertiary/aromatic N) is 5. The average molecular weight is 440 g/mol. The van der Waals surface area contributed by atoms with Crippen LogP contribution in [0.4, 0.5) is 17.3 Å². The second-order valence-corrected chi connectivity index (χ2v) is 6.49. The Kier molecular flexibility index (Phi) is 5.11. The number of aromatic nitrogens is 4. The molecule has 0 fully saturated rings. The molecule has 0 amide bonds. The first-order valence-corrected chi connectivity index (χ1v) is 8.97. The molecule has 0 saturated carbocycles. The van der Waals surface area contributed by atoms with Crippen LogP contribution in [0.2, 0.25) is 0 Å². The third-order valence-electron chi connectivity index (χ3n) is 3.73. The fourth-order valence-electron chi connectivity index (χ4n) is 2.40. The van der Waals surface area contributed by atoms with Gasteiger partial charge in [0.2, 0.25) is 11.3 Å². The fourth-order valence-corrected chi connectivity index (χ4v) is 2.66. The molecule has 0 aliphatic heterocycles. The molecule has 4 rings (SSSR count). The highest BCUT2D eigenvalue weighted by Crippen LogP contribution is 2.29. The Morgan fingerprint density at radius 1 is 1.00 bits per heavy atom. The summed E-state index contributed by atoms with van der Waals surface area (Å²) in [6.07, 6.45) is 1.67. The molecule has 0 saturated heterocycles. The molecule has 0 aliphatic carbocycles. The van der Waals surface area contributed by atoms with Crippen molar-refractivity contribution in [2.45, 2.75) is 0 Å². The van der Waals surface area contributed by atoms with Crippen LogP contribution in [0.15, 0.2) is 62.7 Å². The number of anilines is 3. The molecule has 0 spiro atoms. The topological polar surface area (TPSA) is 110 Å². The number of hydrogen-bond acceptors (Lipinski definition) is 9. The normalized spacial score (nSPS) is 11.1. The van der Waals surface area contributed by atoms with Crippen molar-refractivity contribution < 1.29 is 9.37 Å². The number of halogens is 1. The predicted molar refractivity (Wildman–Crippen MR) is 109 cm³/mol. The molecule has 28 heavy (non-hydrogen) atoms. The number of fused-ring (bicyclic) bond motifs is 1. The minimum absolute atomic E-state index is 0.270. The molecule has 2 N–H and O–H groups in total. The van der Waals surface area contributed by atoms with Crippen molar-refractivity contribution in [1.29, 1.82) is 0 Å². The van der Waals surface area contributed by atoms with Gasteiger partial charge in [0, 0.05) is 4.47 Å². The van der Waals surface area contributed by atoms with E-state index >= 15 is 0 Å². The maximum atomic E-state index is 5.37. The Hall–Kier alpha value is -3.53. The second kappa shape index (κ2) is 8.01. The Morgan fingerprint density at radius 3 is 2.46 bits per heavy atom. The largest absolute Gasteiger partial charge is 0.495 e. The zero-order valence-corrected chi connectivity index (χ0v) is 16.2.